The first-order valence-corrected chi connectivity index (χ1v) is 6.79. The molecule has 0 spiro atoms. The number of esters is 2. The van der Waals surface area contributed by atoms with Crippen molar-refractivity contribution in [3.8, 4) is 11.5 Å². The summed E-state index contributed by atoms with van der Waals surface area (Å²) < 4.78 is 14.1. The molecule has 120 valence electrons. The van der Waals surface area contributed by atoms with Crippen LogP contribution in [0.15, 0.2) is 30.4 Å². The average molecular weight is 329 g/mol. The fourth-order valence-corrected chi connectivity index (χ4v) is 1.48. The van der Waals surface area contributed by atoms with Crippen LogP contribution in [0.3, 0.4) is 0 Å². The van der Waals surface area contributed by atoms with Crippen molar-refractivity contribution in [1.29, 1.82) is 0 Å². The summed E-state index contributed by atoms with van der Waals surface area (Å²) in [5.41, 5.74) is 0.254. The Kier molecular flexibility index (Phi) is 6.88. The van der Waals surface area contributed by atoms with Gasteiger partial charge in [0.25, 0.3) is 0 Å². The van der Waals surface area contributed by atoms with Crippen molar-refractivity contribution >= 4 is 23.5 Å². The van der Waals surface area contributed by atoms with Crippen molar-refractivity contribution in [3.05, 3.63) is 35.4 Å². The molecule has 3 rings (SSSR count). The first kappa shape index (κ1) is 18.0. The zero-order valence-electron chi connectivity index (χ0n) is 12.3. The minimum Gasteiger partial charge on any atom is -0.463 e. The Balaban J connectivity index is 0.000000249. The van der Waals surface area contributed by atoms with Crippen LogP contribution < -0.4 is 4.74 Å². The lowest BCUT2D eigenvalue weighted by Crippen LogP contribution is -2.24. The molecular formula is C15H17ClO6. The van der Waals surface area contributed by atoms with E-state index in [0.717, 1.165) is 16.5 Å². The van der Waals surface area contributed by atoms with Gasteiger partial charge < -0.3 is 19.3 Å². The quantitative estimate of drug-likeness (QED) is 0.670. The second-order valence-corrected chi connectivity index (χ2v) is 4.88. The summed E-state index contributed by atoms with van der Waals surface area (Å²) >= 11 is 5.65. The van der Waals surface area contributed by atoms with Gasteiger partial charge in [-0.1, -0.05) is 24.2 Å². The molecule has 6 nitrogen and oxygen atoms in total. The monoisotopic (exact) mass is 328 g/mol. The van der Waals surface area contributed by atoms with E-state index in [1.165, 1.54) is 13.8 Å². The molecule has 0 saturated heterocycles. The van der Waals surface area contributed by atoms with Gasteiger partial charge in [-0.2, -0.15) is 0 Å². The Bertz CT molecular complexity index is 549. The third-order valence-corrected chi connectivity index (χ3v) is 2.75. The van der Waals surface area contributed by atoms with E-state index in [1.54, 1.807) is 0 Å². The molecule has 0 aromatic heterocycles. The highest BCUT2D eigenvalue weighted by Crippen LogP contribution is 2.45. The Labute approximate surface area is 133 Å². The van der Waals surface area contributed by atoms with E-state index in [4.69, 9.17) is 21.4 Å². The Morgan fingerprint density at radius 3 is 2.18 bits per heavy atom. The Morgan fingerprint density at radius 2 is 1.82 bits per heavy atom. The van der Waals surface area contributed by atoms with Crippen LogP contribution in [0.4, 0.5) is 0 Å². The number of benzene rings is 1. The molecule has 22 heavy (non-hydrogen) atoms. The lowest BCUT2D eigenvalue weighted by atomic mass is 10.2. The molecular weight excluding hydrogens is 312 g/mol. The summed E-state index contributed by atoms with van der Waals surface area (Å²) in [5.74, 6) is 0.524. The van der Waals surface area contributed by atoms with Crippen LogP contribution in [0, 0.1) is 0 Å². The van der Waals surface area contributed by atoms with Crippen molar-refractivity contribution in [3.63, 3.8) is 0 Å². The van der Waals surface area contributed by atoms with Gasteiger partial charge in [-0.25, -0.2) is 4.79 Å². The average Bonchev–Trinajstić information content (AvgIpc) is 2.51. The number of aliphatic hydroxyl groups is 1. The van der Waals surface area contributed by atoms with E-state index in [-0.39, 0.29) is 18.8 Å². The van der Waals surface area contributed by atoms with Gasteiger partial charge in [0.05, 0.1) is 0 Å². The Morgan fingerprint density at radius 1 is 1.27 bits per heavy atom. The van der Waals surface area contributed by atoms with Crippen LogP contribution in [0.1, 0.15) is 13.8 Å². The number of carbonyl (C=O) groups excluding carboxylic acids is 2. The number of hydrogen-bond acceptors (Lipinski definition) is 6. The fraction of sp³-hybridized carbons (Fsp3) is 0.333. The molecule has 1 aromatic carbocycles. The normalized spacial score (nSPS) is 11.8. The van der Waals surface area contributed by atoms with Gasteiger partial charge in [0.2, 0.25) is 0 Å². The largest absolute Gasteiger partial charge is 0.463 e. The number of aliphatic hydroxyl groups excluding tert-OH is 1. The molecule has 1 unspecified atom stereocenters. The molecule has 0 saturated carbocycles. The van der Waals surface area contributed by atoms with Crippen LogP contribution in [0.25, 0.3) is 0 Å². The van der Waals surface area contributed by atoms with E-state index in [2.05, 4.69) is 16.1 Å². The maximum absolute atomic E-state index is 10.8. The third kappa shape index (κ3) is 5.75. The molecule has 2 aliphatic rings. The number of halogens is 1. The van der Waals surface area contributed by atoms with Gasteiger partial charge >= 0.3 is 11.9 Å². The lowest BCUT2D eigenvalue weighted by molar-refractivity contribution is -0.148. The maximum Gasteiger partial charge on any atom is 0.333 e. The molecule has 2 bridgehead atoms. The maximum atomic E-state index is 10.8. The van der Waals surface area contributed by atoms with Gasteiger partial charge in [0.1, 0.15) is 35.8 Å². The summed E-state index contributed by atoms with van der Waals surface area (Å²) in [6.07, 6.45) is -0.998. The minimum atomic E-state index is -0.998. The van der Waals surface area contributed by atoms with Crippen LogP contribution >= 0.6 is 11.6 Å². The van der Waals surface area contributed by atoms with E-state index < -0.39 is 18.0 Å². The molecule has 1 aromatic rings. The van der Waals surface area contributed by atoms with Gasteiger partial charge in [0.15, 0.2) is 0 Å². The third-order valence-electron chi connectivity index (χ3n) is 2.38. The first-order chi connectivity index (χ1) is 10.3. The highest BCUT2D eigenvalue weighted by Gasteiger charge is 2.17. The van der Waals surface area contributed by atoms with Crippen molar-refractivity contribution < 1.29 is 28.9 Å². The van der Waals surface area contributed by atoms with Gasteiger partial charge in [-0.15, -0.1) is 0 Å². The van der Waals surface area contributed by atoms with E-state index in [0.29, 0.717) is 0 Å². The second kappa shape index (κ2) is 8.41. The molecule has 0 fully saturated rings. The van der Waals surface area contributed by atoms with Gasteiger partial charge in [-0.3, -0.25) is 4.79 Å². The van der Waals surface area contributed by atoms with Crippen molar-refractivity contribution in [1.82, 2.24) is 0 Å². The minimum absolute atomic E-state index is 0.182. The zero-order valence-corrected chi connectivity index (χ0v) is 13.1. The van der Waals surface area contributed by atoms with Crippen LogP contribution in [0.2, 0.25) is 5.02 Å². The molecule has 1 N–H and O–H groups in total. The van der Waals surface area contributed by atoms with Gasteiger partial charge in [0, 0.05) is 12.5 Å². The predicted molar refractivity (Wildman–Crippen MR) is 79.9 cm³/mol. The predicted octanol–water partition coefficient (Wildman–Crippen LogP) is 2.48. The molecule has 7 heteroatoms. The molecule has 0 amide bonds. The SMILES string of the molecule is C=C(C)C(=O)OCC(O)COC(C)=O.Clc1c2cccc1O2. The van der Waals surface area contributed by atoms with Crippen LogP contribution in [-0.4, -0.2) is 36.4 Å². The van der Waals surface area contributed by atoms with E-state index in [9.17, 15) is 9.59 Å². The summed E-state index contributed by atoms with van der Waals surface area (Å²) in [6.45, 7) is 5.70. The smallest absolute Gasteiger partial charge is 0.333 e. The van der Waals surface area contributed by atoms with E-state index in [1.807, 2.05) is 18.2 Å². The first-order valence-electron chi connectivity index (χ1n) is 6.41. The molecule has 0 aliphatic carbocycles. The molecule has 1 atom stereocenters. The number of carbonyl (C=O) groups is 2. The summed E-state index contributed by atoms with van der Waals surface area (Å²) in [7, 11) is 0. The lowest BCUT2D eigenvalue weighted by Gasteiger charge is -2.18. The van der Waals surface area contributed by atoms with Gasteiger partial charge in [-0.05, 0) is 19.1 Å². The van der Waals surface area contributed by atoms with Crippen molar-refractivity contribution in [2.75, 3.05) is 13.2 Å². The van der Waals surface area contributed by atoms with Crippen molar-refractivity contribution in [2.24, 2.45) is 0 Å². The second-order valence-electron chi connectivity index (χ2n) is 4.51. The summed E-state index contributed by atoms with van der Waals surface area (Å²) in [6, 6.07) is 5.60. The van der Waals surface area contributed by atoms with E-state index >= 15 is 0 Å². The highest BCUT2D eigenvalue weighted by molar-refractivity contribution is 6.34. The van der Waals surface area contributed by atoms with Crippen LogP contribution in [0.5, 0.6) is 11.5 Å². The van der Waals surface area contributed by atoms with Crippen LogP contribution in [-0.2, 0) is 19.1 Å². The number of rotatable bonds is 5. The number of ether oxygens (including phenoxy) is 3. The fourth-order valence-electron chi connectivity index (χ4n) is 1.28. The molecule has 0 radical (unpaired) electrons. The van der Waals surface area contributed by atoms with Crippen molar-refractivity contribution in [2.45, 2.75) is 20.0 Å². The standard InChI is InChI=1S/C9H14O5.C6H3ClO/c1-6(2)9(12)14-5-8(11)4-13-7(3)10;7-6-4-2-1-3-5(6)8-4/h8,11H,1,4-5H2,2-3H3;1-3H. The molecule has 2 aliphatic heterocycles. The number of hydrogen-bond donors (Lipinski definition) is 1. The summed E-state index contributed by atoms with van der Waals surface area (Å²) in [4.78, 5) is 21.2. The zero-order chi connectivity index (χ0) is 16.7. The topological polar surface area (TPSA) is 82.1 Å². The highest BCUT2D eigenvalue weighted by atomic mass is 35.5. The molecule has 2 heterocycles. The Hall–Kier alpha value is -2.05. The number of fused-ring (bicyclic) bond motifs is 2. The summed E-state index contributed by atoms with van der Waals surface area (Å²) in [5, 5.41) is 9.90.